The lowest BCUT2D eigenvalue weighted by atomic mass is 10.3. The lowest BCUT2D eigenvalue weighted by Gasteiger charge is -2.25. The molecule has 0 unspecified atom stereocenters. The Balaban J connectivity index is 1.66. The maximum Gasteiger partial charge on any atom is 0.344 e. The number of rotatable bonds is 9. The van der Waals surface area contributed by atoms with E-state index in [1.165, 1.54) is 7.05 Å². The van der Waals surface area contributed by atoms with E-state index in [0.29, 0.717) is 17.1 Å². The molecule has 30 heavy (non-hydrogen) atoms. The largest absolute Gasteiger partial charge is 0.482 e. The molecule has 0 radical (unpaired) electrons. The highest BCUT2D eigenvalue weighted by Crippen LogP contribution is 2.46. The summed E-state index contributed by atoms with van der Waals surface area (Å²) in [5.41, 5.74) is 0.937. The molecular weight excluding hydrogens is 408 g/mol. The van der Waals surface area contributed by atoms with E-state index in [1.807, 2.05) is 0 Å². The Bertz CT molecular complexity index is 1000. The number of para-hydroxylation sites is 1. The van der Waals surface area contributed by atoms with Gasteiger partial charge in [-0.2, -0.15) is 0 Å². The molecule has 9 heteroatoms. The van der Waals surface area contributed by atoms with Gasteiger partial charge in [-0.25, -0.2) is 13.2 Å². The van der Waals surface area contributed by atoms with Crippen molar-refractivity contribution < 1.29 is 27.5 Å². The summed E-state index contributed by atoms with van der Waals surface area (Å²) < 4.78 is 36.0. The maximum absolute atomic E-state index is 13.1. The normalized spacial score (nSPS) is 14.5. The molecule has 1 N–H and O–H groups in total. The maximum atomic E-state index is 13.1. The van der Waals surface area contributed by atoms with E-state index in [1.54, 1.807) is 61.5 Å². The van der Waals surface area contributed by atoms with Crippen LogP contribution >= 0.6 is 0 Å². The molecule has 1 saturated carbocycles. The van der Waals surface area contributed by atoms with Crippen LogP contribution in [-0.2, 0) is 24.3 Å². The zero-order valence-electron chi connectivity index (χ0n) is 16.8. The fourth-order valence-corrected chi connectivity index (χ4v) is 4.81. The van der Waals surface area contributed by atoms with E-state index < -0.39 is 26.6 Å². The Morgan fingerprint density at radius 1 is 1.07 bits per heavy atom. The highest BCUT2D eigenvalue weighted by Gasteiger charge is 2.62. The molecule has 0 spiro atoms. The van der Waals surface area contributed by atoms with E-state index in [-0.39, 0.29) is 26.1 Å². The number of nitrogens with zero attached hydrogens (tertiary/aromatic N) is 1. The average Bonchev–Trinajstić information content (AvgIpc) is 3.56. The number of hydrogen-bond donors (Lipinski definition) is 1. The van der Waals surface area contributed by atoms with Crippen LogP contribution in [0.5, 0.6) is 5.75 Å². The number of anilines is 2. The molecule has 1 amide bonds. The number of benzene rings is 2. The second-order valence-electron chi connectivity index (χ2n) is 6.87. The van der Waals surface area contributed by atoms with Gasteiger partial charge in [-0.15, -0.1) is 0 Å². The molecule has 0 aromatic heterocycles. The van der Waals surface area contributed by atoms with Crippen molar-refractivity contribution in [2.45, 2.75) is 24.5 Å². The summed E-state index contributed by atoms with van der Waals surface area (Å²) in [5, 5.41) is 2.68. The fourth-order valence-electron chi connectivity index (χ4n) is 2.98. The monoisotopic (exact) mass is 432 g/mol. The number of carbonyl (C=O) groups excluding carboxylic acids is 2. The number of amides is 1. The minimum Gasteiger partial charge on any atom is -0.482 e. The summed E-state index contributed by atoms with van der Waals surface area (Å²) in [6.45, 7) is 1.77. The van der Waals surface area contributed by atoms with Crippen molar-refractivity contribution in [2.75, 3.05) is 29.9 Å². The molecule has 8 nitrogen and oxygen atoms in total. The molecule has 0 heterocycles. The zero-order chi connectivity index (χ0) is 21.8. The number of hydrogen-bond acceptors (Lipinski definition) is 6. The molecule has 0 atom stereocenters. The van der Waals surface area contributed by atoms with E-state index in [2.05, 4.69) is 5.32 Å². The summed E-state index contributed by atoms with van der Waals surface area (Å²) in [5.74, 6) is -0.609. The third-order valence-electron chi connectivity index (χ3n) is 4.87. The van der Waals surface area contributed by atoms with Crippen LogP contribution in [0.3, 0.4) is 0 Å². The Morgan fingerprint density at radius 3 is 2.27 bits per heavy atom. The topological polar surface area (TPSA) is 102 Å². The highest BCUT2D eigenvalue weighted by atomic mass is 32.2. The van der Waals surface area contributed by atoms with Gasteiger partial charge in [-0.05, 0) is 56.2 Å². The van der Waals surface area contributed by atoms with Gasteiger partial charge in [-0.3, -0.25) is 9.10 Å². The van der Waals surface area contributed by atoms with Crippen LogP contribution in [-0.4, -0.2) is 45.3 Å². The van der Waals surface area contributed by atoms with E-state index in [9.17, 15) is 18.0 Å². The quantitative estimate of drug-likeness (QED) is 0.611. The van der Waals surface area contributed by atoms with Crippen molar-refractivity contribution in [1.29, 1.82) is 0 Å². The summed E-state index contributed by atoms with van der Waals surface area (Å²) in [7, 11) is -2.43. The fraction of sp³-hybridized carbons (Fsp3) is 0.333. The second-order valence-corrected chi connectivity index (χ2v) is 9.15. The number of ether oxygens (including phenoxy) is 2. The van der Waals surface area contributed by atoms with Gasteiger partial charge in [0.25, 0.3) is 0 Å². The van der Waals surface area contributed by atoms with Crippen LogP contribution in [0.2, 0.25) is 0 Å². The van der Waals surface area contributed by atoms with Gasteiger partial charge in [0.1, 0.15) is 5.75 Å². The Labute approximate surface area is 175 Å². The van der Waals surface area contributed by atoms with Crippen LogP contribution < -0.4 is 14.4 Å². The van der Waals surface area contributed by atoms with Gasteiger partial charge in [0.15, 0.2) is 11.4 Å². The predicted octanol–water partition coefficient (Wildman–Crippen LogP) is 2.57. The van der Waals surface area contributed by atoms with Gasteiger partial charge in [-0.1, -0.05) is 18.2 Å². The molecular formula is C21H24N2O6S. The number of sulfonamides is 1. The van der Waals surface area contributed by atoms with Crippen molar-refractivity contribution in [3.63, 3.8) is 0 Å². The van der Waals surface area contributed by atoms with E-state index in [4.69, 9.17) is 9.47 Å². The molecule has 1 aliphatic carbocycles. The van der Waals surface area contributed by atoms with E-state index in [0.717, 1.165) is 4.31 Å². The smallest absolute Gasteiger partial charge is 0.344 e. The number of nitrogens with one attached hydrogen (secondary N) is 1. The first-order valence-corrected chi connectivity index (χ1v) is 11.0. The van der Waals surface area contributed by atoms with Crippen LogP contribution in [0.4, 0.5) is 11.4 Å². The first-order valence-electron chi connectivity index (χ1n) is 9.53. The van der Waals surface area contributed by atoms with Gasteiger partial charge in [0.05, 0.1) is 12.3 Å². The standard InChI is InChI=1S/C21H24N2O6S/c1-3-28-19(24)15-29-18-11-9-16(10-12-18)22-20(25)21(13-14-21)30(26,27)23(2)17-7-5-4-6-8-17/h4-12H,3,13-15H2,1-2H3,(H,22,25). The molecule has 1 aliphatic rings. The van der Waals surface area contributed by atoms with Gasteiger partial charge in [0, 0.05) is 12.7 Å². The average molecular weight is 432 g/mol. The molecule has 2 aromatic rings. The third kappa shape index (κ3) is 4.40. The molecule has 0 aliphatic heterocycles. The number of esters is 1. The SMILES string of the molecule is CCOC(=O)COc1ccc(NC(=O)C2(S(=O)(=O)N(C)c3ccccc3)CC2)cc1. The molecule has 0 saturated heterocycles. The lowest BCUT2D eigenvalue weighted by Crippen LogP contribution is -2.45. The van der Waals surface area contributed by atoms with Crippen molar-refractivity contribution in [3.05, 3.63) is 54.6 Å². The van der Waals surface area contributed by atoms with Gasteiger partial charge >= 0.3 is 5.97 Å². The predicted molar refractivity (Wildman–Crippen MR) is 113 cm³/mol. The lowest BCUT2D eigenvalue weighted by molar-refractivity contribution is -0.145. The second kappa shape index (κ2) is 8.74. The number of carbonyl (C=O) groups is 2. The zero-order valence-corrected chi connectivity index (χ0v) is 17.6. The molecule has 160 valence electrons. The van der Waals surface area contributed by atoms with Gasteiger partial charge < -0.3 is 14.8 Å². The first kappa shape index (κ1) is 21.6. The minimum atomic E-state index is -3.89. The Kier molecular flexibility index (Phi) is 6.31. The van der Waals surface area contributed by atoms with Crippen molar-refractivity contribution in [2.24, 2.45) is 0 Å². The van der Waals surface area contributed by atoms with Crippen molar-refractivity contribution in [3.8, 4) is 5.75 Å². The van der Waals surface area contributed by atoms with Crippen LogP contribution in [0.1, 0.15) is 19.8 Å². The molecule has 3 rings (SSSR count). The van der Waals surface area contributed by atoms with Gasteiger partial charge in [0.2, 0.25) is 15.9 Å². The molecule has 2 aromatic carbocycles. The van der Waals surface area contributed by atoms with Crippen LogP contribution in [0, 0.1) is 0 Å². The Morgan fingerprint density at radius 2 is 1.70 bits per heavy atom. The Hall–Kier alpha value is -3.07. The summed E-state index contributed by atoms with van der Waals surface area (Å²) in [6.07, 6.45) is 0.526. The van der Waals surface area contributed by atoms with Crippen LogP contribution in [0.15, 0.2) is 54.6 Å². The van der Waals surface area contributed by atoms with Crippen molar-refractivity contribution >= 4 is 33.3 Å². The molecule has 0 bridgehead atoms. The summed E-state index contributed by atoms with van der Waals surface area (Å²) in [6, 6.07) is 15.0. The van der Waals surface area contributed by atoms with Crippen molar-refractivity contribution in [1.82, 2.24) is 0 Å². The first-order chi connectivity index (χ1) is 14.3. The summed E-state index contributed by atoms with van der Waals surface area (Å²) >= 11 is 0. The molecule has 1 fully saturated rings. The summed E-state index contributed by atoms with van der Waals surface area (Å²) in [4.78, 5) is 24.2. The highest BCUT2D eigenvalue weighted by molar-refractivity contribution is 7.95. The third-order valence-corrected chi connectivity index (χ3v) is 7.38. The van der Waals surface area contributed by atoms with E-state index >= 15 is 0 Å². The minimum absolute atomic E-state index is 0.216. The van der Waals surface area contributed by atoms with Crippen LogP contribution in [0.25, 0.3) is 0 Å².